The third-order valence-corrected chi connectivity index (χ3v) is 3.60. The molecule has 0 spiro atoms. The number of hydrogen-bond donors (Lipinski definition) is 1. The van der Waals surface area contributed by atoms with Gasteiger partial charge in [0.15, 0.2) is 0 Å². The van der Waals surface area contributed by atoms with Gasteiger partial charge < -0.3 is 14.8 Å². The lowest BCUT2D eigenvalue weighted by molar-refractivity contribution is -0.111. The Morgan fingerprint density at radius 3 is 2.64 bits per heavy atom. The number of methoxy groups -OCH3 is 1. The van der Waals surface area contributed by atoms with E-state index < -0.39 is 5.97 Å². The van der Waals surface area contributed by atoms with E-state index in [0.717, 1.165) is 5.56 Å². The van der Waals surface area contributed by atoms with Crippen LogP contribution in [-0.4, -0.2) is 25.6 Å². The van der Waals surface area contributed by atoms with Crippen LogP contribution in [0, 0.1) is 0 Å². The molecule has 0 aliphatic carbocycles. The van der Waals surface area contributed by atoms with Gasteiger partial charge in [-0.25, -0.2) is 4.79 Å². The van der Waals surface area contributed by atoms with Gasteiger partial charge in [-0.3, -0.25) is 4.79 Å². The van der Waals surface area contributed by atoms with Crippen molar-refractivity contribution in [1.82, 2.24) is 0 Å². The second-order valence-electron chi connectivity index (χ2n) is 4.98. The SMILES string of the molecule is CCOC(=O)c1ccc(NC(=O)/C=C/c2ccccc2OC)cc1Cl. The number of esters is 1. The fourth-order valence-corrected chi connectivity index (χ4v) is 2.38. The molecule has 6 heteroatoms. The standard InChI is InChI=1S/C19H18ClNO4/c1-3-25-19(23)15-10-9-14(12-16(15)20)21-18(22)11-8-13-6-4-5-7-17(13)24-2/h4-12H,3H2,1-2H3,(H,21,22)/b11-8+. The lowest BCUT2D eigenvalue weighted by Gasteiger charge is -2.07. The monoisotopic (exact) mass is 359 g/mol. The number of halogens is 1. The number of carbonyl (C=O) groups is 2. The van der Waals surface area contributed by atoms with Crippen molar-refractivity contribution in [2.75, 3.05) is 19.0 Å². The topological polar surface area (TPSA) is 64.6 Å². The third kappa shape index (κ3) is 5.09. The molecule has 0 fully saturated rings. The van der Waals surface area contributed by atoms with Crippen LogP contribution in [0.15, 0.2) is 48.5 Å². The number of hydrogen-bond acceptors (Lipinski definition) is 4. The van der Waals surface area contributed by atoms with Crippen LogP contribution >= 0.6 is 11.6 Å². The van der Waals surface area contributed by atoms with Crippen LogP contribution in [0.3, 0.4) is 0 Å². The molecule has 0 bridgehead atoms. The minimum Gasteiger partial charge on any atom is -0.496 e. The van der Waals surface area contributed by atoms with Gasteiger partial charge in [0.2, 0.25) is 5.91 Å². The Labute approximate surface area is 151 Å². The van der Waals surface area contributed by atoms with Crippen molar-refractivity contribution in [2.45, 2.75) is 6.92 Å². The zero-order valence-electron chi connectivity index (χ0n) is 13.9. The van der Waals surface area contributed by atoms with Crippen molar-refractivity contribution in [3.05, 3.63) is 64.7 Å². The first-order valence-corrected chi connectivity index (χ1v) is 8.01. The molecule has 0 heterocycles. The Kier molecular flexibility index (Phi) is 6.60. The molecule has 1 N–H and O–H groups in total. The molecular weight excluding hydrogens is 342 g/mol. The molecule has 25 heavy (non-hydrogen) atoms. The fraction of sp³-hybridized carbons (Fsp3) is 0.158. The third-order valence-electron chi connectivity index (χ3n) is 3.29. The average molecular weight is 360 g/mol. The zero-order chi connectivity index (χ0) is 18.2. The second kappa shape index (κ2) is 8.89. The minimum absolute atomic E-state index is 0.213. The highest BCUT2D eigenvalue weighted by molar-refractivity contribution is 6.34. The molecular formula is C19H18ClNO4. The highest BCUT2D eigenvalue weighted by Crippen LogP contribution is 2.22. The lowest BCUT2D eigenvalue weighted by Crippen LogP contribution is -2.09. The van der Waals surface area contributed by atoms with Crippen LogP contribution < -0.4 is 10.1 Å². The van der Waals surface area contributed by atoms with Crippen molar-refractivity contribution in [1.29, 1.82) is 0 Å². The van der Waals surface area contributed by atoms with Crippen LogP contribution in [0.1, 0.15) is 22.8 Å². The second-order valence-corrected chi connectivity index (χ2v) is 5.39. The van der Waals surface area contributed by atoms with E-state index in [9.17, 15) is 9.59 Å². The number of ether oxygens (including phenoxy) is 2. The first-order chi connectivity index (χ1) is 12.0. The number of anilines is 1. The van der Waals surface area contributed by atoms with Gasteiger partial charge in [-0.05, 0) is 37.3 Å². The van der Waals surface area contributed by atoms with E-state index in [-0.39, 0.29) is 23.1 Å². The van der Waals surface area contributed by atoms with Crippen molar-refractivity contribution in [3.8, 4) is 5.75 Å². The van der Waals surface area contributed by atoms with Crippen LogP contribution in [0.4, 0.5) is 5.69 Å². The van der Waals surface area contributed by atoms with Crippen molar-refractivity contribution in [2.24, 2.45) is 0 Å². The first-order valence-electron chi connectivity index (χ1n) is 7.64. The minimum atomic E-state index is -0.499. The largest absolute Gasteiger partial charge is 0.496 e. The van der Waals surface area contributed by atoms with Gasteiger partial charge in [0.1, 0.15) is 5.75 Å². The van der Waals surface area contributed by atoms with Gasteiger partial charge in [0.25, 0.3) is 0 Å². The molecule has 0 radical (unpaired) electrons. The van der Waals surface area contributed by atoms with Crippen LogP contribution in [0.25, 0.3) is 6.08 Å². The number of para-hydroxylation sites is 1. The van der Waals surface area contributed by atoms with E-state index in [0.29, 0.717) is 11.4 Å². The van der Waals surface area contributed by atoms with E-state index in [1.807, 2.05) is 24.3 Å². The predicted molar refractivity (Wildman–Crippen MR) is 98.1 cm³/mol. The summed E-state index contributed by atoms with van der Waals surface area (Å²) in [6.45, 7) is 1.98. The van der Waals surface area contributed by atoms with E-state index in [2.05, 4.69) is 5.32 Å². The van der Waals surface area contributed by atoms with Crippen LogP contribution in [0.2, 0.25) is 5.02 Å². The van der Waals surface area contributed by atoms with Crippen molar-refractivity contribution in [3.63, 3.8) is 0 Å². The maximum Gasteiger partial charge on any atom is 0.339 e. The highest BCUT2D eigenvalue weighted by Gasteiger charge is 2.12. The summed E-state index contributed by atoms with van der Waals surface area (Å²) < 4.78 is 10.1. The summed E-state index contributed by atoms with van der Waals surface area (Å²) in [4.78, 5) is 23.7. The molecule has 2 aromatic rings. The summed E-state index contributed by atoms with van der Waals surface area (Å²) in [5.74, 6) is -0.152. The van der Waals surface area contributed by atoms with Gasteiger partial charge in [-0.15, -0.1) is 0 Å². The average Bonchev–Trinajstić information content (AvgIpc) is 2.60. The maximum atomic E-state index is 12.0. The van der Waals surface area contributed by atoms with E-state index >= 15 is 0 Å². The summed E-state index contributed by atoms with van der Waals surface area (Å²) in [6.07, 6.45) is 3.05. The van der Waals surface area contributed by atoms with Crippen LogP contribution in [0.5, 0.6) is 5.75 Å². The number of nitrogens with one attached hydrogen (secondary N) is 1. The zero-order valence-corrected chi connectivity index (χ0v) is 14.7. The Balaban J connectivity index is 2.06. The normalized spacial score (nSPS) is 10.5. The summed E-state index contributed by atoms with van der Waals surface area (Å²) in [5.41, 5.74) is 1.52. The molecule has 2 rings (SSSR count). The van der Waals surface area contributed by atoms with Crippen molar-refractivity contribution < 1.29 is 19.1 Å². The molecule has 1 amide bonds. The molecule has 0 aliphatic heterocycles. The Bertz CT molecular complexity index is 802. The first kappa shape index (κ1) is 18.5. The molecule has 0 unspecified atom stereocenters. The Hall–Kier alpha value is -2.79. The van der Waals surface area contributed by atoms with Gasteiger partial charge in [0, 0.05) is 17.3 Å². The molecule has 130 valence electrons. The predicted octanol–water partition coefficient (Wildman–Crippen LogP) is 4.18. The fourth-order valence-electron chi connectivity index (χ4n) is 2.12. The summed E-state index contributed by atoms with van der Waals surface area (Å²) in [7, 11) is 1.57. The molecule has 0 saturated heterocycles. The highest BCUT2D eigenvalue weighted by atomic mass is 35.5. The van der Waals surface area contributed by atoms with Gasteiger partial charge >= 0.3 is 5.97 Å². The molecule has 0 aliphatic rings. The number of amides is 1. The molecule has 0 atom stereocenters. The van der Waals surface area contributed by atoms with Gasteiger partial charge in [0.05, 0.1) is 24.3 Å². The van der Waals surface area contributed by atoms with Gasteiger partial charge in [-0.1, -0.05) is 29.8 Å². The molecule has 0 saturated carbocycles. The van der Waals surface area contributed by atoms with E-state index in [1.54, 1.807) is 26.2 Å². The molecule has 2 aromatic carbocycles. The number of carbonyl (C=O) groups excluding carboxylic acids is 2. The smallest absolute Gasteiger partial charge is 0.339 e. The Morgan fingerprint density at radius 2 is 1.96 bits per heavy atom. The summed E-state index contributed by atoms with van der Waals surface area (Å²) >= 11 is 6.07. The van der Waals surface area contributed by atoms with Gasteiger partial charge in [-0.2, -0.15) is 0 Å². The van der Waals surface area contributed by atoms with E-state index in [1.165, 1.54) is 18.2 Å². The maximum absolute atomic E-state index is 12.0. The molecule has 5 nitrogen and oxygen atoms in total. The summed E-state index contributed by atoms with van der Waals surface area (Å²) in [6, 6.07) is 12.0. The number of rotatable bonds is 6. The van der Waals surface area contributed by atoms with Crippen LogP contribution in [-0.2, 0) is 9.53 Å². The van der Waals surface area contributed by atoms with Crippen molar-refractivity contribution >= 4 is 35.2 Å². The quantitative estimate of drug-likeness (QED) is 0.620. The summed E-state index contributed by atoms with van der Waals surface area (Å²) in [5, 5.41) is 2.90. The Morgan fingerprint density at radius 1 is 1.20 bits per heavy atom. The lowest BCUT2D eigenvalue weighted by atomic mass is 10.2. The van der Waals surface area contributed by atoms with E-state index in [4.69, 9.17) is 21.1 Å². The number of benzene rings is 2. The molecule has 0 aromatic heterocycles.